The van der Waals surface area contributed by atoms with Gasteiger partial charge in [-0.05, 0) is 20.8 Å². The van der Waals surface area contributed by atoms with Crippen LogP contribution in [-0.2, 0) is 0 Å². The molecule has 0 atom stereocenters. The second-order valence-electron chi connectivity index (χ2n) is 8.37. The molecule has 9 heteroatoms. The summed E-state index contributed by atoms with van der Waals surface area (Å²) >= 11 is 0. The lowest BCUT2D eigenvalue weighted by molar-refractivity contribution is 0.274. The predicted molar refractivity (Wildman–Crippen MR) is 123 cm³/mol. The molecule has 4 rings (SSSR count). The van der Waals surface area contributed by atoms with Crippen molar-refractivity contribution in [2.75, 3.05) is 64.9 Å². The zero-order valence-electron chi connectivity index (χ0n) is 19.1. The fourth-order valence-corrected chi connectivity index (χ4v) is 4.52. The average molecular weight is 429 g/mol. The Bertz CT molecular complexity index is 1040. The molecule has 1 aromatic heterocycles. The molecule has 2 aliphatic heterocycles. The molecule has 0 unspecified atom stereocenters. The van der Waals surface area contributed by atoms with Crippen LogP contribution in [0.1, 0.15) is 19.4 Å². The van der Waals surface area contributed by atoms with Crippen LogP contribution in [0.5, 0.6) is 11.5 Å². The molecule has 1 N–H and O–H groups in total. The van der Waals surface area contributed by atoms with Crippen molar-refractivity contribution in [1.29, 1.82) is 0 Å². The number of ether oxygens (including phenoxy) is 2. The summed E-state index contributed by atoms with van der Waals surface area (Å²) in [4.78, 5) is 32.2. The van der Waals surface area contributed by atoms with Crippen molar-refractivity contribution in [3.8, 4) is 11.5 Å². The number of anilines is 1. The van der Waals surface area contributed by atoms with Gasteiger partial charge in [0.1, 0.15) is 5.84 Å². The van der Waals surface area contributed by atoms with Gasteiger partial charge in [-0.15, -0.1) is 0 Å². The van der Waals surface area contributed by atoms with Crippen LogP contribution in [0.3, 0.4) is 0 Å². The lowest BCUT2D eigenvalue weighted by Crippen LogP contribution is -2.50. The van der Waals surface area contributed by atoms with Crippen molar-refractivity contribution >= 4 is 22.7 Å². The van der Waals surface area contributed by atoms with Gasteiger partial charge in [-0.1, -0.05) is 0 Å². The second-order valence-corrected chi connectivity index (χ2v) is 8.37. The first kappa shape index (κ1) is 21.4. The number of aliphatic imine (C=N–C) groups is 1. The summed E-state index contributed by atoms with van der Waals surface area (Å²) in [6.07, 6.45) is 0. The van der Waals surface area contributed by atoms with Gasteiger partial charge in [0, 0.05) is 50.4 Å². The van der Waals surface area contributed by atoms with E-state index in [-0.39, 0.29) is 5.56 Å². The molecule has 0 bridgehead atoms. The van der Waals surface area contributed by atoms with Crippen molar-refractivity contribution in [3.63, 3.8) is 0 Å². The number of nitrogens with zero attached hydrogens (tertiary/aromatic N) is 5. The fourth-order valence-electron chi connectivity index (χ4n) is 4.52. The third-order valence-electron chi connectivity index (χ3n) is 6.20. The van der Waals surface area contributed by atoms with E-state index >= 15 is 0 Å². The molecule has 2 aliphatic rings. The zero-order chi connectivity index (χ0) is 22.1. The molecule has 0 saturated carbocycles. The number of piperazine rings is 1. The first-order valence-electron chi connectivity index (χ1n) is 10.9. The number of aryl methyl sites for hydroxylation is 1. The number of benzene rings is 1. The monoisotopic (exact) mass is 428 g/mol. The Morgan fingerprint density at radius 1 is 1.13 bits per heavy atom. The quantitative estimate of drug-likeness (QED) is 0.746. The number of rotatable bonds is 6. The van der Waals surface area contributed by atoms with E-state index < -0.39 is 0 Å². The molecule has 3 heterocycles. The molecular formula is C22H32N6O3. The lowest BCUT2D eigenvalue weighted by atomic mass is 10.1. The molecule has 0 aliphatic carbocycles. The number of aromatic nitrogens is 2. The standard InChI is InChI=1S/C22H32N6O3/c1-14(2)28-7-6-23-18(28)13-26-8-10-27(11-9-26)22-24-16-12-17(30-4)20(31-5)15(3)19(16)21(29)25-22/h12,14H,6-11,13H2,1-5H3,(H,24,25,29). The highest BCUT2D eigenvalue weighted by atomic mass is 16.5. The van der Waals surface area contributed by atoms with Crippen LogP contribution in [0.15, 0.2) is 15.9 Å². The van der Waals surface area contributed by atoms with Crippen molar-refractivity contribution in [2.24, 2.45) is 4.99 Å². The number of hydrogen-bond donors (Lipinski definition) is 1. The van der Waals surface area contributed by atoms with E-state index in [1.54, 1.807) is 14.2 Å². The molecule has 0 radical (unpaired) electrons. The number of hydrogen-bond acceptors (Lipinski definition) is 8. The van der Waals surface area contributed by atoms with Crippen LogP contribution in [0, 0.1) is 6.92 Å². The lowest BCUT2D eigenvalue weighted by Gasteiger charge is -2.36. The molecule has 31 heavy (non-hydrogen) atoms. The van der Waals surface area contributed by atoms with E-state index in [0.717, 1.165) is 51.4 Å². The van der Waals surface area contributed by atoms with Gasteiger partial charge in [0.15, 0.2) is 11.5 Å². The predicted octanol–water partition coefficient (Wildman–Crippen LogP) is 1.49. The smallest absolute Gasteiger partial charge is 0.282 e. The highest BCUT2D eigenvalue weighted by molar-refractivity contribution is 5.87. The summed E-state index contributed by atoms with van der Waals surface area (Å²) in [6, 6.07) is 2.29. The van der Waals surface area contributed by atoms with Crippen LogP contribution < -0.4 is 19.9 Å². The molecule has 0 amide bonds. The van der Waals surface area contributed by atoms with Gasteiger partial charge in [0.25, 0.3) is 5.56 Å². The maximum absolute atomic E-state index is 12.8. The third kappa shape index (κ3) is 4.06. The SMILES string of the molecule is COc1cc2[nH]c(N3CCN(CC4=NCCN4C(C)C)CC3)nc(=O)c2c(C)c1OC. The van der Waals surface area contributed by atoms with Crippen molar-refractivity contribution in [3.05, 3.63) is 22.0 Å². The Hall–Kier alpha value is -2.81. The molecular weight excluding hydrogens is 396 g/mol. The van der Waals surface area contributed by atoms with E-state index in [0.29, 0.717) is 34.4 Å². The Balaban J connectivity index is 1.51. The topological polar surface area (TPSA) is 86.3 Å². The maximum Gasteiger partial charge on any atom is 0.282 e. The van der Waals surface area contributed by atoms with Gasteiger partial charge in [0.2, 0.25) is 5.95 Å². The van der Waals surface area contributed by atoms with Gasteiger partial charge in [0.05, 0.1) is 38.2 Å². The molecule has 9 nitrogen and oxygen atoms in total. The molecule has 1 fully saturated rings. The van der Waals surface area contributed by atoms with Crippen molar-refractivity contribution < 1.29 is 9.47 Å². The summed E-state index contributed by atoms with van der Waals surface area (Å²) in [7, 11) is 3.17. The van der Waals surface area contributed by atoms with Crippen LogP contribution in [0.25, 0.3) is 10.9 Å². The Morgan fingerprint density at radius 2 is 1.87 bits per heavy atom. The van der Waals surface area contributed by atoms with Crippen LogP contribution >= 0.6 is 0 Å². The Morgan fingerprint density at radius 3 is 2.52 bits per heavy atom. The van der Waals surface area contributed by atoms with Gasteiger partial charge >= 0.3 is 0 Å². The third-order valence-corrected chi connectivity index (χ3v) is 6.20. The van der Waals surface area contributed by atoms with E-state index in [9.17, 15) is 4.79 Å². The van der Waals surface area contributed by atoms with Crippen LogP contribution in [0.2, 0.25) is 0 Å². The minimum atomic E-state index is -0.252. The molecule has 1 saturated heterocycles. The summed E-state index contributed by atoms with van der Waals surface area (Å²) in [5, 5.41) is 0.535. The molecule has 2 aromatic rings. The van der Waals surface area contributed by atoms with E-state index in [4.69, 9.17) is 14.5 Å². The van der Waals surface area contributed by atoms with Crippen LogP contribution in [0.4, 0.5) is 5.95 Å². The Labute approximate surface area is 182 Å². The summed E-state index contributed by atoms with van der Waals surface area (Å²) in [5.41, 5.74) is 1.19. The van der Waals surface area contributed by atoms with E-state index in [2.05, 4.69) is 38.5 Å². The van der Waals surface area contributed by atoms with Crippen LogP contribution in [-0.4, -0.2) is 91.7 Å². The molecule has 0 spiro atoms. The molecule has 1 aromatic carbocycles. The minimum absolute atomic E-state index is 0.252. The number of nitrogens with one attached hydrogen (secondary N) is 1. The first-order valence-corrected chi connectivity index (χ1v) is 10.9. The minimum Gasteiger partial charge on any atom is -0.493 e. The zero-order valence-corrected chi connectivity index (χ0v) is 19.1. The maximum atomic E-state index is 12.8. The Kier molecular flexibility index (Phi) is 6.04. The summed E-state index contributed by atoms with van der Waals surface area (Å²) in [5.74, 6) is 2.95. The van der Waals surface area contributed by atoms with Gasteiger partial charge in [-0.25, -0.2) is 0 Å². The summed E-state index contributed by atoms with van der Waals surface area (Å²) < 4.78 is 10.9. The normalized spacial score (nSPS) is 17.5. The van der Waals surface area contributed by atoms with E-state index in [1.165, 1.54) is 5.84 Å². The fraction of sp³-hybridized carbons (Fsp3) is 0.591. The average Bonchev–Trinajstić information content (AvgIpc) is 3.22. The highest BCUT2D eigenvalue weighted by Gasteiger charge is 2.25. The van der Waals surface area contributed by atoms with Gasteiger partial charge < -0.3 is 24.3 Å². The van der Waals surface area contributed by atoms with E-state index in [1.807, 2.05) is 13.0 Å². The number of aromatic amines is 1. The first-order chi connectivity index (χ1) is 14.9. The van der Waals surface area contributed by atoms with Crippen molar-refractivity contribution in [2.45, 2.75) is 26.8 Å². The highest BCUT2D eigenvalue weighted by Crippen LogP contribution is 2.35. The second kappa shape index (κ2) is 8.74. The largest absolute Gasteiger partial charge is 0.493 e. The number of amidine groups is 1. The van der Waals surface area contributed by atoms with Gasteiger partial charge in [-0.3, -0.25) is 14.7 Å². The summed E-state index contributed by atoms with van der Waals surface area (Å²) in [6.45, 7) is 12.5. The van der Waals surface area contributed by atoms with Crippen molar-refractivity contribution in [1.82, 2.24) is 19.8 Å². The number of H-pyrrole nitrogens is 1. The number of fused-ring (bicyclic) bond motifs is 1. The van der Waals surface area contributed by atoms with Gasteiger partial charge in [-0.2, -0.15) is 4.98 Å². The molecule has 168 valence electrons. The number of methoxy groups -OCH3 is 2.